The van der Waals surface area contributed by atoms with Gasteiger partial charge in [0, 0.05) is 19.8 Å². The summed E-state index contributed by atoms with van der Waals surface area (Å²) in [5.74, 6) is 1.63. The van der Waals surface area contributed by atoms with Crippen molar-refractivity contribution in [3.05, 3.63) is 23.8 Å². The number of nitrogens with one attached hydrogen (secondary N) is 1. The van der Waals surface area contributed by atoms with Crippen molar-refractivity contribution < 1.29 is 19.0 Å². The van der Waals surface area contributed by atoms with Crippen LogP contribution in [-0.2, 0) is 4.74 Å². The van der Waals surface area contributed by atoms with Crippen LogP contribution in [0.4, 0.5) is 0 Å². The van der Waals surface area contributed by atoms with Gasteiger partial charge >= 0.3 is 0 Å². The van der Waals surface area contributed by atoms with Crippen LogP contribution in [0.1, 0.15) is 36.0 Å². The summed E-state index contributed by atoms with van der Waals surface area (Å²) < 4.78 is 15.9. The summed E-state index contributed by atoms with van der Waals surface area (Å²) in [5, 5.41) is 2.96. The van der Waals surface area contributed by atoms with E-state index in [1.54, 1.807) is 32.4 Å². The summed E-state index contributed by atoms with van der Waals surface area (Å²) in [7, 11) is 3.10. The molecular formula is C17H25NO4. The molecule has 0 aliphatic carbocycles. The Morgan fingerprint density at radius 2 is 1.86 bits per heavy atom. The van der Waals surface area contributed by atoms with Crippen LogP contribution in [0, 0.1) is 5.92 Å². The number of ether oxygens (including phenoxy) is 3. The van der Waals surface area contributed by atoms with Crippen LogP contribution in [0.25, 0.3) is 0 Å². The van der Waals surface area contributed by atoms with Gasteiger partial charge in [-0.15, -0.1) is 0 Å². The van der Waals surface area contributed by atoms with Gasteiger partial charge in [-0.1, -0.05) is 6.07 Å². The van der Waals surface area contributed by atoms with Crippen molar-refractivity contribution in [2.75, 3.05) is 34.0 Å². The Bertz CT molecular complexity index is 461. The second kappa shape index (κ2) is 8.63. The van der Waals surface area contributed by atoms with Gasteiger partial charge in [-0.2, -0.15) is 0 Å². The van der Waals surface area contributed by atoms with Crippen molar-refractivity contribution in [3.63, 3.8) is 0 Å². The van der Waals surface area contributed by atoms with E-state index in [0.717, 1.165) is 44.8 Å². The summed E-state index contributed by atoms with van der Waals surface area (Å²) in [4.78, 5) is 12.4. The molecule has 1 fully saturated rings. The maximum absolute atomic E-state index is 12.4. The molecule has 1 aliphatic rings. The van der Waals surface area contributed by atoms with E-state index in [1.165, 1.54) is 0 Å². The van der Waals surface area contributed by atoms with Crippen molar-refractivity contribution in [1.29, 1.82) is 0 Å². The Kier molecular flexibility index (Phi) is 6.52. The number of benzene rings is 1. The van der Waals surface area contributed by atoms with Gasteiger partial charge in [0.15, 0.2) is 0 Å². The van der Waals surface area contributed by atoms with Crippen molar-refractivity contribution in [1.82, 2.24) is 5.32 Å². The SMILES string of the molecule is COc1cccc(OC)c1C(=O)NCCCC1CCOCC1. The highest BCUT2D eigenvalue weighted by Crippen LogP contribution is 2.28. The van der Waals surface area contributed by atoms with E-state index in [1.807, 2.05) is 0 Å². The second-order valence-corrected chi connectivity index (χ2v) is 5.49. The average molecular weight is 307 g/mol. The van der Waals surface area contributed by atoms with E-state index in [-0.39, 0.29) is 5.91 Å². The predicted octanol–water partition coefficient (Wildman–Crippen LogP) is 2.64. The monoisotopic (exact) mass is 307 g/mol. The number of hydrogen-bond donors (Lipinski definition) is 1. The molecule has 2 rings (SSSR count). The minimum Gasteiger partial charge on any atom is -0.496 e. The van der Waals surface area contributed by atoms with E-state index in [0.29, 0.717) is 23.6 Å². The Hall–Kier alpha value is -1.75. The normalized spacial score (nSPS) is 15.4. The Morgan fingerprint density at radius 1 is 1.23 bits per heavy atom. The molecule has 1 heterocycles. The van der Waals surface area contributed by atoms with Crippen LogP contribution in [0.2, 0.25) is 0 Å². The van der Waals surface area contributed by atoms with E-state index in [2.05, 4.69) is 5.32 Å². The number of hydrogen-bond acceptors (Lipinski definition) is 4. The molecule has 1 saturated heterocycles. The lowest BCUT2D eigenvalue weighted by atomic mass is 9.95. The Balaban J connectivity index is 1.84. The molecule has 0 saturated carbocycles. The van der Waals surface area contributed by atoms with Crippen LogP contribution in [0.5, 0.6) is 11.5 Å². The molecule has 1 aliphatic heterocycles. The lowest BCUT2D eigenvalue weighted by Gasteiger charge is -2.21. The van der Waals surface area contributed by atoms with Gasteiger partial charge in [0.05, 0.1) is 14.2 Å². The first-order valence-electron chi connectivity index (χ1n) is 7.83. The molecule has 1 aromatic carbocycles. The van der Waals surface area contributed by atoms with Crippen LogP contribution in [-0.4, -0.2) is 39.9 Å². The number of carbonyl (C=O) groups is 1. The van der Waals surface area contributed by atoms with Gasteiger partial charge in [-0.3, -0.25) is 4.79 Å². The first-order chi connectivity index (χ1) is 10.8. The fourth-order valence-electron chi connectivity index (χ4n) is 2.79. The number of amides is 1. The lowest BCUT2D eigenvalue weighted by molar-refractivity contribution is 0.0631. The summed E-state index contributed by atoms with van der Waals surface area (Å²) in [5.41, 5.74) is 0.457. The Morgan fingerprint density at radius 3 is 2.45 bits per heavy atom. The van der Waals surface area contributed by atoms with Crippen molar-refractivity contribution >= 4 is 5.91 Å². The highest BCUT2D eigenvalue weighted by Gasteiger charge is 2.18. The zero-order chi connectivity index (χ0) is 15.8. The molecule has 5 nitrogen and oxygen atoms in total. The van der Waals surface area contributed by atoms with Crippen molar-refractivity contribution in [2.45, 2.75) is 25.7 Å². The van der Waals surface area contributed by atoms with Gasteiger partial charge in [0.25, 0.3) is 5.91 Å². The molecule has 0 unspecified atom stereocenters. The summed E-state index contributed by atoms with van der Waals surface area (Å²) in [6, 6.07) is 5.33. The molecule has 1 amide bonds. The molecule has 0 aromatic heterocycles. The molecule has 5 heteroatoms. The third kappa shape index (κ3) is 4.37. The van der Waals surface area contributed by atoms with Gasteiger partial charge in [0.2, 0.25) is 0 Å². The third-order valence-corrected chi connectivity index (χ3v) is 4.07. The molecule has 22 heavy (non-hydrogen) atoms. The molecular weight excluding hydrogens is 282 g/mol. The van der Waals surface area contributed by atoms with E-state index in [9.17, 15) is 4.79 Å². The molecule has 122 valence electrons. The molecule has 0 atom stereocenters. The number of methoxy groups -OCH3 is 2. The summed E-state index contributed by atoms with van der Waals surface area (Å²) in [6.07, 6.45) is 4.38. The maximum Gasteiger partial charge on any atom is 0.258 e. The van der Waals surface area contributed by atoms with Crippen LogP contribution in [0.3, 0.4) is 0 Å². The first-order valence-corrected chi connectivity index (χ1v) is 7.83. The van der Waals surface area contributed by atoms with E-state index < -0.39 is 0 Å². The van der Waals surface area contributed by atoms with E-state index in [4.69, 9.17) is 14.2 Å². The standard InChI is InChI=1S/C17H25NO4/c1-20-14-6-3-7-15(21-2)16(14)17(19)18-10-4-5-13-8-11-22-12-9-13/h3,6-7,13H,4-5,8-12H2,1-2H3,(H,18,19). The predicted molar refractivity (Wildman–Crippen MR) is 84.7 cm³/mol. The number of carbonyl (C=O) groups excluding carboxylic acids is 1. The molecule has 1 aromatic rings. The van der Waals surface area contributed by atoms with Crippen molar-refractivity contribution in [2.24, 2.45) is 5.92 Å². The first kappa shape index (κ1) is 16.6. The van der Waals surface area contributed by atoms with Crippen LogP contribution in [0.15, 0.2) is 18.2 Å². The van der Waals surface area contributed by atoms with Crippen LogP contribution < -0.4 is 14.8 Å². The average Bonchev–Trinajstić information content (AvgIpc) is 2.58. The largest absolute Gasteiger partial charge is 0.496 e. The van der Waals surface area contributed by atoms with Gasteiger partial charge < -0.3 is 19.5 Å². The molecule has 0 radical (unpaired) electrons. The third-order valence-electron chi connectivity index (χ3n) is 4.07. The van der Waals surface area contributed by atoms with Gasteiger partial charge in [-0.05, 0) is 43.7 Å². The Labute approximate surface area is 131 Å². The molecule has 1 N–H and O–H groups in total. The maximum atomic E-state index is 12.4. The van der Waals surface area contributed by atoms with Gasteiger partial charge in [0.1, 0.15) is 17.1 Å². The smallest absolute Gasteiger partial charge is 0.258 e. The fourth-order valence-corrected chi connectivity index (χ4v) is 2.79. The summed E-state index contributed by atoms with van der Waals surface area (Å²) >= 11 is 0. The fraction of sp³-hybridized carbons (Fsp3) is 0.588. The molecule has 0 spiro atoms. The minimum absolute atomic E-state index is 0.152. The van der Waals surface area contributed by atoms with Crippen LogP contribution >= 0.6 is 0 Å². The highest BCUT2D eigenvalue weighted by atomic mass is 16.5. The highest BCUT2D eigenvalue weighted by molar-refractivity contribution is 5.99. The lowest BCUT2D eigenvalue weighted by Crippen LogP contribution is -2.26. The number of rotatable bonds is 7. The molecule has 0 bridgehead atoms. The van der Waals surface area contributed by atoms with Crippen molar-refractivity contribution in [3.8, 4) is 11.5 Å². The zero-order valence-electron chi connectivity index (χ0n) is 13.4. The minimum atomic E-state index is -0.152. The second-order valence-electron chi connectivity index (χ2n) is 5.49. The zero-order valence-corrected chi connectivity index (χ0v) is 13.4. The summed E-state index contributed by atoms with van der Waals surface area (Å²) in [6.45, 7) is 2.41. The topological polar surface area (TPSA) is 56.8 Å². The van der Waals surface area contributed by atoms with E-state index >= 15 is 0 Å². The van der Waals surface area contributed by atoms with Gasteiger partial charge in [-0.25, -0.2) is 0 Å². The quantitative estimate of drug-likeness (QED) is 0.787.